The number of ketones is 1. The Morgan fingerprint density at radius 2 is 1.67 bits per heavy atom. The second-order valence-corrected chi connectivity index (χ2v) is 7.58. The zero-order chi connectivity index (χ0) is 21.5. The maximum atomic E-state index is 13.3. The van der Waals surface area contributed by atoms with Crippen LogP contribution in [0.5, 0.6) is 0 Å². The lowest BCUT2D eigenvalue weighted by molar-refractivity contribution is -0.137. The van der Waals surface area contributed by atoms with E-state index >= 15 is 0 Å². The number of carbonyl (C=O) groups is 2. The summed E-state index contributed by atoms with van der Waals surface area (Å²) in [5.74, 6) is -0.0548. The Labute approximate surface area is 170 Å². The Hall–Kier alpha value is -3.17. The van der Waals surface area contributed by atoms with Gasteiger partial charge in [0.15, 0.2) is 11.6 Å². The maximum absolute atomic E-state index is 13.3. The fourth-order valence-corrected chi connectivity index (χ4v) is 4.21. The first-order valence-corrected chi connectivity index (χ1v) is 9.53. The average molecular weight is 419 g/mol. The van der Waals surface area contributed by atoms with Gasteiger partial charge in [-0.25, -0.2) is 14.8 Å². The number of benzene rings is 1. The van der Waals surface area contributed by atoms with Gasteiger partial charge < -0.3 is 9.80 Å². The van der Waals surface area contributed by atoms with E-state index in [4.69, 9.17) is 0 Å². The summed E-state index contributed by atoms with van der Waals surface area (Å²) in [4.78, 5) is 35.6. The highest BCUT2D eigenvalue weighted by Crippen LogP contribution is 2.40. The smallest absolute Gasteiger partial charge is 0.370 e. The van der Waals surface area contributed by atoms with Crippen molar-refractivity contribution >= 4 is 23.3 Å². The van der Waals surface area contributed by atoms with Crippen LogP contribution in [0.3, 0.4) is 0 Å². The van der Waals surface area contributed by atoms with E-state index in [1.807, 2.05) is 0 Å². The van der Waals surface area contributed by atoms with E-state index in [-0.39, 0.29) is 34.8 Å². The molecule has 0 aliphatic carbocycles. The summed E-state index contributed by atoms with van der Waals surface area (Å²) in [6, 6.07) is 5.18. The minimum absolute atomic E-state index is 0.0752. The predicted octanol–water partition coefficient (Wildman–Crippen LogP) is 3.30. The van der Waals surface area contributed by atoms with Crippen molar-refractivity contribution in [1.29, 1.82) is 0 Å². The second kappa shape index (κ2) is 7.58. The summed E-state index contributed by atoms with van der Waals surface area (Å²) in [5.41, 5.74) is -0.375. The molecule has 1 aromatic carbocycles. The monoisotopic (exact) mass is 419 g/mol. The van der Waals surface area contributed by atoms with Crippen molar-refractivity contribution in [2.24, 2.45) is 11.8 Å². The molecule has 0 spiro atoms. The standard InChI is InChI=1S/C20H20F3N5O2/c1-12(29)17-18(25-7-6-24-17)26-19(30)28-10-13-8-27(9-14(13)11-28)16-5-3-2-4-15(16)20(21,22)23/h2-7,13-14H,8-11H2,1H3,(H,25,26,30)/t13-,14+. The average Bonchev–Trinajstić information content (AvgIpc) is 3.27. The first kappa shape index (κ1) is 20.1. The molecule has 3 heterocycles. The molecule has 4 rings (SSSR count). The van der Waals surface area contributed by atoms with Crippen LogP contribution in [0.1, 0.15) is 23.0 Å². The highest BCUT2D eigenvalue weighted by Gasteiger charge is 2.44. The van der Waals surface area contributed by atoms with Gasteiger partial charge in [-0.3, -0.25) is 10.1 Å². The Kier molecular flexibility index (Phi) is 5.08. The molecule has 2 aromatic rings. The zero-order valence-electron chi connectivity index (χ0n) is 16.2. The van der Waals surface area contributed by atoms with Gasteiger partial charge in [0, 0.05) is 63.0 Å². The number of hydrogen-bond donors (Lipinski definition) is 1. The number of nitrogens with zero attached hydrogens (tertiary/aromatic N) is 4. The van der Waals surface area contributed by atoms with E-state index in [2.05, 4.69) is 15.3 Å². The summed E-state index contributed by atoms with van der Waals surface area (Å²) in [7, 11) is 0. The van der Waals surface area contributed by atoms with Crippen molar-refractivity contribution in [3.63, 3.8) is 0 Å². The minimum atomic E-state index is -4.41. The van der Waals surface area contributed by atoms with Crippen LogP contribution in [0, 0.1) is 11.8 Å². The van der Waals surface area contributed by atoms with Gasteiger partial charge in [-0.05, 0) is 12.1 Å². The summed E-state index contributed by atoms with van der Waals surface area (Å²) in [6.45, 7) is 3.09. The van der Waals surface area contributed by atoms with Gasteiger partial charge >= 0.3 is 12.2 Å². The third-order valence-electron chi connectivity index (χ3n) is 5.58. The highest BCUT2D eigenvalue weighted by atomic mass is 19.4. The second-order valence-electron chi connectivity index (χ2n) is 7.58. The quantitative estimate of drug-likeness (QED) is 0.773. The number of para-hydroxylation sites is 1. The molecule has 0 saturated carbocycles. The summed E-state index contributed by atoms with van der Waals surface area (Å²) in [6.07, 6.45) is -1.65. The van der Waals surface area contributed by atoms with E-state index in [1.54, 1.807) is 15.9 Å². The van der Waals surface area contributed by atoms with Gasteiger partial charge in [-0.2, -0.15) is 13.2 Å². The van der Waals surface area contributed by atoms with Crippen LogP contribution in [0.4, 0.5) is 29.5 Å². The van der Waals surface area contributed by atoms with Crippen LogP contribution in [-0.4, -0.2) is 52.9 Å². The molecule has 1 N–H and O–H groups in total. The van der Waals surface area contributed by atoms with Crippen LogP contribution in [0.15, 0.2) is 36.7 Å². The van der Waals surface area contributed by atoms with Crippen LogP contribution >= 0.6 is 0 Å². The zero-order valence-corrected chi connectivity index (χ0v) is 16.2. The number of Topliss-reactive ketones (excluding diaryl/α,β-unsaturated/α-hetero) is 1. The number of fused-ring (bicyclic) bond motifs is 1. The lowest BCUT2D eigenvalue weighted by atomic mass is 10.0. The van der Waals surface area contributed by atoms with Crippen molar-refractivity contribution < 1.29 is 22.8 Å². The van der Waals surface area contributed by atoms with Gasteiger partial charge in [0.25, 0.3) is 0 Å². The highest BCUT2D eigenvalue weighted by molar-refractivity contribution is 6.00. The van der Waals surface area contributed by atoms with Crippen molar-refractivity contribution in [1.82, 2.24) is 14.9 Å². The van der Waals surface area contributed by atoms with Gasteiger partial charge in [0.1, 0.15) is 5.69 Å². The van der Waals surface area contributed by atoms with E-state index in [1.165, 1.54) is 31.5 Å². The number of rotatable bonds is 3. The Balaban J connectivity index is 1.42. The summed E-state index contributed by atoms with van der Waals surface area (Å²) >= 11 is 0. The molecule has 2 fully saturated rings. The number of hydrogen-bond acceptors (Lipinski definition) is 5. The molecule has 2 aliphatic rings. The molecule has 158 valence electrons. The number of urea groups is 1. The topological polar surface area (TPSA) is 78.4 Å². The molecule has 0 radical (unpaired) electrons. The number of amides is 2. The molecular weight excluding hydrogens is 399 g/mol. The molecule has 10 heteroatoms. The molecule has 7 nitrogen and oxygen atoms in total. The lowest BCUT2D eigenvalue weighted by Gasteiger charge is -2.26. The molecule has 30 heavy (non-hydrogen) atoms. The summed E-state index contributed by atoms with van der Waals surface area (Å²) < 4.78 is 40.0. The van der Waals surface area contributed by atoms with Crippen LogP contribution in [0.2, 0.25) is 0 Å². The number of anilines is 2. The molecule has 2 saturated heterocycles. The molecule has 2 aliphatic heterocycles. The fraction of sp³-hybridized carbons (Fsp3) is 0.400. The molecule has 2 amide bonds. The van der Waals surface area contributed by atoms with Gasteiger partial charge in [-0.1, -0.05) is 12.1 Å². The van der Waals surface area contributed by atoms with Crippen molar-refractivity contribution in [3.05, 3.63) is 47.9 Å². The molecule has 0 bridgehead atoms. The third kappa shape index (κ3) is 3.81. The molecule has 0 unspecified atom stereocenters. The number of carbonyl (C=O) groups excluding carboxylic acids is 2. The first-order valence-electron chi connectivity index (χ1n) is 9.53. The third-order valence-corrected chi connectivity index (χ3v) is 5.58. The maximum Gasteiger partial charge on any atom is 0.418 e. The molecular formula is C20H20F3N5O2. The van der Waals surface area contributed by atoms with Gasteiger partial charge in [0.2, 0.25) is 0 Å². The first-order chi connectivity index (χ1) is 14.2. The van der Waals surface area contributed by atoms with E-state index in [9.17, 15) is 22.8 Å². The largest absolute Gasteiger partial charge is 0.418 e. The minimum Gasteiger partial charge on any atom is -0.370 e. The van der Waals surface area contributed by atoms with Crippen LogP contribution in [0.25, 0.3) is 0 Å². The van der Waals surface area contributed by atoms with Crippen molar-refractivity contribution in [3.8, 4) is 0 Å². The number of halogens is 3. The van der Waals surface area contributed by atoms with Crippen molar-refractivity contribution in [2.75, 3.05) is 36.4 Å². The lowest BCUT2D eigenvalue weighted by Crippen LogP contribution is -2.37. The Morgan fingerprint density at radius 3 is 2.30 bits per heavy atom. The van der Waals surface area contributed by atoms with E-state index in [0.717, 1.165) is 6.07 Å². The van der Waals surface area contributed by atoms with Crippen LogP contribution < -0.4 is 10.2 Å². The van der Waals surface area contributed by atoms with E-state index < -0.39 is 17.8 Å². The van der Waals surface area contributed by atoms with Gasteiger partial charge in [0.05, 0.1) is 5.56 Å². The molecule has 1 aromatic heterocycles. The fourth-order valence-electron chi connectivity index (χ4n) is 4.21. The van der Waals surface area contributed by atoms with Crippen LogP contribution in [-0.2, 0) is 6.18 Å². The number of alkyl halides is 3. The Bertz CT molecular complexity index is 967. The number of likely N-dealkylation sites (tertiary alicyclic amines) is 1. The van der Waals surface area contributed by atoms with Crippen molar-refractivity contribution in [2.45, 2.75) is 13.1 Å². The SMILES string of the molecule is CC(=O)c1nccnc1NC(=O)N1C[C@@H]2CN(c3ccccc3C(F)(F)F)C[C@@H]2C1. The summed E-state index contributed by atoms with van der Waals surface area (Å²) in [5, 5.41) is 2.63. The Morgan fingerprint density at radius 1 is 1.03 bits per heavy atom. The van der Waals surface area contributed by atoms with E-state index in [0.29, 0.717) is 26.2 Å². The van der Waals surface area contributed by atoms with Gasteiger partial charge in [-0.15, -0.1) is 0 Å². The normalized spacial score (nSPS) is 20.9. The predicted molar refractivity (Wildman–Crippen MR) is 103 cm³/mol. The number of nitrogens with one attached hydrogen (secondary N) is 1. The number of aromatic nitrogens is 2. The molecule has 2 atom stereocenters.